The molecule has 0 unspecified atom stereocenters. The number of thiophene rings is 1. The molecule has 2 saturated heterocycles. The molecule has 2 fully saturated rings. The lowest BCUT2D eigenvalue weighted by Crippen LogP contribution is -2.64. The zero-order valence-corrected chi connectivity index (χ0v) is 13.6. The Labute approximate surface area is 139 Å². The minimum atomic E-state index is -0.301. The van der Waals surface area contributed by atoms with Crippen LogP contribution in [0.4, 0.5) is 5.69 Å². The van der Waals surface area contributed by atoms with Gasteiger partial charge in [-0.25, -0.2) is 0 Å². The Bertz CT molecular complexity index is 759. The first-order valence-corrected chi connectivity index (χ1v) is 9.16. The maximum absolute atomic E-state index is 12.6. The molecule has 1 aromatic heterocycles. The van der Waals surface area contributed by atoms with Crippen LogP contribution in [0.15, 0.2) is 41.1 Å². The van der Waals surface area contributed by atoms with Gasteiger partial charge in [0.1, 0.15) is 5.66 Å². The molecule has 4 nitrogen and oxygen atoms in total. The fraction of sp³-hybridized carbons (Fsp3) is 0.389. The lowest BCUT2D eigenvalue weighted by Gasteiger charge is -2.43. The fourth-order valence-electron chi connectivity index (χ4n) is 4.63. The highest BCUT2D eigenvalue weighted by Crippen LogP contribution is 2.47. The average Bonchev–Trinajstić information content (AvgIpc) is 3.24. The molecule has 3 atom stereocenters. The summed E-state index contributed by atoms with van der Waals surface area (Å²) in [5.41, 5.74) is 2.81. The van der Waals surface area contributed by atoms with E-state index in [1.165, 1.54) is 12.0 Å². The number of benzene rings is 1. The first-order chi connectivity index (χ1) is 11.3. The van der Waals surface area contributed by atoms with E-state index in [4.69, 9.17) is 0 Å². The van der Waals surface area contributed by atoms with E-state index in [1.807, 2.05) is 24.3 Å². The average molecular weight is 325 g/mol. The third kappa shape index (κ3) is 1.96. The Kier molecular flexibility index (Phi) is 2.85. The highest BCUT2D eigenvalue weighted by Gasteiger charge is 2.58. The lowest BCUT2D eigenvalue weighted by molar-refractivity contribution is 0.0870. The molecule has 2 aromatic rings. The van der Waals surface area contributed by atoms with Gasteiger partial charge in [-0.15, -0.1) is 0 Å². The van der Waals surface area contributed by atoms with Gasteiger partial charge in [0.05, 0.1) is 11.6 Å². The number of carbonyl (C=O) groups excluding carboxylic acids is 1. The number of nitrogens with zero attached hydrogens (tertiary/aromatic N) is 1. The van der Waals surface area contributed by atoms with Crippen molar-refractivity contribution in [2.45, 2.75) is 43.6 Å². The molecule has 1 spiro atoms. The maximum Gasteiger partial charge on any atom is 0.255 e. The van der Waals surface area contributed by atoms with Crippen LogP contribution in [0.25, 0.3) is 0 Å². The van der Waals surface area contributed by atoms with Crippen LogP contribution < -0.4 is 10.6 Å². The Hall–Kier alpha value is -1.85. The van der Waals surface area contributed by atoms with E-state index in [1.54, 1.807) is 11.3 Å². The summed E-state index contributed by atoms with van der Waals surface area (Å²) < 4.78 is 0. The summed E-state index contributed by atoms with van der Waals surface area (Å²) in [7, 11) is 0. The standard InChI is InChI=1S/C18H19N3OS/c22-17-14-3-1-2-4-15(14)19-18(20-17)9-13-5-6-16(18)21(13)10-12-7-8-23-11-12/h1-4,7-8,11,13,16,19H,5-6,9-10H2,(H,20,22)/t13-,16-,18+/m1/s1. The summed E-state index contributed by atoms with van der Waals surface area (Å²) in [4.78, 5) is 15.2. The van der Waals surface area contributed by atoms with Crippen LogP contribution in [0, 0.1) is 0 Å². The molecule has 1 aromatic carbocycles. The summed E-state index contributed by atoms with van der Waals surface area (Å²) in [6.45, 7) is 0.986. The largest absolute Gasteiger partial charge is 0.361 e. The third-order valence-electron chi connectivity index (χ3n) is 5.58. The van der Waals surface area contributed by atoms with Crippen LogP contribution in [-0.4, -0.2) is 28.6 Å². The van der Waals surface area contributed by atoms with Gasteiger partial charge in [-0.1, -0.05) is 12.1 Å². The fourth-order valence-corrected chi connectivity index (χ4v) is 5.29. The number of anilines is 1. The molecule has 118 valence electrons. The van der Waals surface area contributed by atoms with Crippen LogP contribution in [0.5, 0.6) is 0 Å². The van der Waals surface area contributed by atoms with E-state index in [9.17, 15) is 4.79 Å². The van der Waals surface area contributed by atoms with Crippen LogP contribution in [0.2, 0.25) is 0 Å². The second-order valence-electron chi connectivity index (χ2n) is 6.85. The van der Waals surface area contributed by atoms with Gasteiger partial charge in [0, 0.05) is 24.7 Å². The van der Waals surface area contributed by atoms with E-state index in [-0.39, 0.29) is 11.6 Å². The van der Waals surface area contributed by atoms with Crippen LogP contribution in [-0.2, 0) is 6.54 Å². The molecule has 2 bridgehead atoms. The Morgan fingerprint density at radius 1 is 1.22 bits per heavy atom. The third-order valence-corrected chi connectivity index (χ3v) is 6.31. The molecule has 5 heteroatoms. The van der Waals surface area contributed by atoms with E-state index >= 15 is 0 Å². The first kappa shape index (κ1) is 13.6. The number of nitrogens with one attached hydrogen (secondary N) is 2. The Balaban J connectivity index is 1.47. The second-order valence-corrected chi connectivity index (χ2v) is 7.63. The molecular formula is C18H19N3OS. The molecule has 0 saturated carbocycles. The van der Waals surface area contributed by atoms with Gasteiger partial charge in [-0.3, -0.25) is 9.69 Å². The molecular weight excluding hydrogens is 306 g/mol. The van der Waals surface area contributed by atoms with Crippen LogP contribution in [0.1, 0.15) is 35.2 Å². The van der Waals surface area contributed by atoms with Crippen molar-refractivity contribution in [2.24, 2.45) is 0 Å². The smallest absolute Gasteiger partial charge is 0.255 e. The van der Waals surface area contributed by atoms with E-state index in [0.29, 0.717) is 12.1 Å². The summed E-state index contributed by atoms with van der Waals surface area (Å²) in [6, 6.07) is 10.9. The Morgan fingerprint density at radius 2 is 2.13 bits per heavy atom. The van der Waals surface area contributed by atoms with E-state index < -0.39 is 0 Å². The molecule has 1 amide bonds. The van der Waals surface area contributed by atoms with E-state index in [2.05, 4.69) is 32.4 Å². The normalized spacial score (nSPS) is 31.9. The Morgan fingerprint density at radius 3 is 3.00 bits per heavy atom. The van der Waals surface area contributed by atoms with Crippen molar-refractivity contribution in [2.75, 3.05) is 5.32 Å². The minimum absolute atomic E-state index is 0.0578. The van der Waals surface area contributed by atoms with Crippen LogP contribution in [0.3, 0.4) is 0 Å². The number of amides is 1. The topological polar surface area (TPSA) is 44.4 Å². The predicted molar refractivity (Wildman–Crippen MR) is 91.6 cm³/mol. The van der Waals surface area contributed by atoms with Crippen molar-refractivity contribution >= 4 is 22.9 Å². The SMILES string of the molecule is O=C1N[C@]2(C[C@H]3CC[C@H]2N3Cc2ccsc2)Nc2ccccc21. The van der Waals surface area contributed by atoms with Crippen molar-refractivity contribution in [3.8, 4) is 0 Å². The number of rotatable bonds is 2. The van der Waals surface area contributed by atoms with Gasteiger partial charge in [0.2, 0.25) is 0 Å². The molecule has 3 aliphatic heterocycles. The monoisotopic (exact) mass is 325 g/mol. The number of hydrogen-bond acceptors (Lipinski definition) is 4. The summed E-state index contributed by atoms with van der Waals surface area (Å²) in [6.07, 6.45) is 3.36. The molecule has 3 aliphatic rings. The zero-order chi connectivity index (χ0) is 15.4. The predicted octanol–water partition coefficient (Wildman–Crippen LogP) is 3.04. The number of hydrogen-bond donors (Lipinski definition) is 2. The van der Waals surface area contributed by atoms with Crippen molar-refractivity contribution in [3.05, 3.63) is 52.2 Å². The number of carbonyl (C=O) groups is 1. The molecule has 4 heterocycles. The van der Waals surface area contributed by atoms with Gasteiger partial charge in [0.25, 0.3) is 5.91 Å². The van der Waals surface area contributed by atoms with Crippen molar-refractivity contribution in [1.82, 2.24) is 10.2 Å². The van der Waals surface area contributed by atoms with Gasteiger partial charge in [-0.05, 0) is 47.4 Å². The van der Waals surface area contributed by atoms with Crippen molar-refractivity contribution in [1.29, 1.82) is 0 Å². The highest BCUT2D eigenvalue weighted by molar-refractivity contribution is 7.07. The molecule has 0 aliphatic carbocycles. The molecule has 5 rings (SSSR count). The highest BCUT2D eigenvalue weighted by atomic mass is 32.1. The lowest BCUT2D eigenvalue weighted by atomic mass is 9.86. The summed E-state index contributed by atoms with van der Waals surface area (Å²) in [5.74, 6) is 0.0578. The summed E-state index contributed by atoms with van der Waals surface area (Å²) >= 11 is 1.75. The first-order valence-electron chi connectivity index (χ1n) is 8.22. The van der Waals surface area contributed by atoms with Crippen molar-refractivity contribution < 1.29 is 4.79 Å². The van der Waals surface area contributed by atoms with Gasteiger partial charge >= 0.3 is 0 Å². The minimum Gasteiger partial charge on any atom is -0.361 e. The second kappa shape index (κ2) is 4.82. The van der Waals surface area contributed by atoms with Gasteiger partial charge in [0.15, 0.2) is 0 Å². The molecule has 0 radical (unpaired) electrons. The zero-order valence-electron chi connectivity index (χ0n) is 12.8. The number of fused-ring (bicyclic) bond motifs is 4. The molecule has 23 heavy (non-hydrogen) atoms. The quantitative estimate of drug-likeness (QED) is 0.892. The van der Waals surface area contributed by atoms with Gasteiger partial charge < -0.3 is 10.6 Å². The summed E-state index contributed by atoms with van der Waals surface area (Å²) in [5, 5.41) is 11.3. The van der Waals surface area contributed by atoms with Crippen molar-refractivity contribution in [3.63, 3.8) is 0 Å². The molecule has 2 N–H and O–H groups in total. The maximum atomic E-state index is 12.6. The number of para-hydroxylation sites is 1. The van der Waals surface area contributed by atoms with E-state index in [0.717, 1.165) is 30.6 Å². The van der Waals surface area contributed by atoms with Crippen LogP contribution >= 0.6 is 11.3 Å². The van der Waals surface area contributed by atoms with Gasteiger partial charge in [-0.2, -0.15) is 11.3 Å².